The summed E-state index contributed by atoms with van der Waals surface area (Å²) in [6, 6.07) is 3.30. The zero-order valence-corrected chi connectivity index (χ0v) is 16.6. The lowest BCUT2D eigenvalue weighted by Crippen LogP contribution is -2.37. The lowest BCUT2D eigenvalue weighted by Gasteiger charge is -2.20. The summed E-state index contributed by atoms with van der Waals surface area (Å²) >= 11 is 0. The van der Waals surface area contributed by atoms with Crippen LogP contribution in [0, 0.1) is 5.92 Å². The topological polar surface area (TPSA) is 115 Å². The van der Waals surface area contributed by atoms with E-state index >= 15 is 0 Å². The number of fused-ring (bicyclic) bond motifs is 1. The molecule has 4 rings (SSSR count). The van der Waals surface area contributed by atoms with Crippen molar-refractivity contribution >= 4 is 22.8 Å². The molecule has 0 aliphatic heterocycles. The van der Waals surface area contributed by atoms with Gasteiger partial charge in [0.15, 0.2) is 5.82 Å². The molecule has 0 atom stereocenters. The van der Waals surface area contributed by atoms with Crippen LogP contribution in [0.4, 0.5) is 5.82 Å². The number of anilines is 1. The number of carbonyl (C=O) groups is 1. The average molecular weight is 396 g/mol. The standard InChI is InChI=1S/C20H24N6O3/c1-25-17-15(19(28)26(2)20(25)29)9-13(11-21-17)18(27)22-16-10-14(23-24-16)8-12-6-4-3-5-7-12/h9-12H,3-8H2,1-2H3,(H2,22,23,24,27). The Morgan fingerprint density at radius 2 is 1.93 bits per heavy atom. The van der Waals surface area contributed by atoms with Crippen molar-refractivity contribution in [2.24, 2.45) is 20.0 Å². The predicted molar refractivity (Wildman–Crippen MR) is 109 cm³/mol. The number of hydrogen-bond donors (Lipinski definition) is 2. The first kappa shape index (κ1) is 19.1. The maximum atomic E-state index is 12.6. The molecule has 0 aromatic carbocycles. The molecule has 1 saturated carbocycles. The lowest BCUT2D eigenvalue weighted by molar-refractivity contribution is 0.102. The average Bonchev–Trinajstić information content (AvgIpc) is 3.17. The molecule has 3 heterocycles. The van der Waals surface area contributed by atoms with Crippen LogP contribution in [0.1, 0.15) is 48.2 Å². The van der Waals surface area contributed by atoms with Crippen molar-refractivity contribution in [2.75, 3.05) is 5.32 Å². The Morgan fingerprint density at radius 3 is 2.69 bits per heavy atom. The minimum Gasteiger partial charge on any atom is -0.305 e. The van der Waals surface area contributed by atoms with Crippen molar-refractivity contribution in [3.8, 4) is 0 Å². The van der Waals surface area contributed by atoms with E-state index in [0.717, 1.165) is 16.7 Å². The zero-order valence-electron chi connectivity index (χ0n) is 16.6. The molecule has 3 aromatic heterocycles. The van der Waals surface area contributed by atoms with Crippen LogP contribution in [-0.2, 0) is 20.5 Å². The monoisotopic (exact) mass is 396 g/mol. The largest absolute Gasteiger partial charge is 0.332 e. The van der Waals surface area contributed by atoms with Gasteiger partial charge >= 0.3 is 5.69 Å². The van der Waals surface area contributed by atoms with Crippen LogP contribution in [0.2, 0.25) is 0 Å². The highest BCUT2D eigenvalue weighted by molar-refractivity contribution is 6.05. The molecule has 1 amide bonds. The van der Waals surface area contributed by atoms with Gasteiger partial charge in [-0.25, -0.2) is 9.78 Å². The van der Waals surface area contributed by atoms with E-state index < -0.39 is 17.2 Å². The van der Waals surface area contributed by atoms with Gasteiger partial charge in [-0.1, -0.05) is 32.1 Å². The Morgan fingerprint density at radius 1 is 1.17 bits per heavy atom. The normalized spacial score (nSPS) is 15.0. The molecular formula is C20H24N6O3. The van der Waals surface area contributed by atoms with Gasteiger partial charge in [-0.15, -0.1) is 0 Å². The van der Waals surface area contributed by atoms with E-state index in [4.69, 9.17) is 0 Å². The fraction of sp³-hybridized carbons (Fsp3) is 0.450. The molecular weight excluding hydrogens is 372 g/mol. The summed E-state index contributed by atoms with van der Waals surface area (Å²) in [5.74, 6) is 0.695. The molecule has 0 spiro atoms. The second kappa shape index (κ2) is 7.65. The summed E-state index contributed by atoms with van der Waals surface area (Å²) in [5.41, 5.74) is 0.524. The highest BCUT2D eigenvalue weighted by Gasteiger charge is 2.17. The van der Waals surface area contributed by atoms with Gasteiger partial charge in [0.05, 0.1) is 10.9 Å². The lowest BCUT2D eigenvalue weighted by atomic mass is 9.86. The van der Waals surface area contributed by atoms with Gasteiger partial charge in [0, 0.05) is 32.1 Å². The second-order valence-corrected chi connectivity index (χ2v) is 7.74. The quantitative estimate of drug-likeness (QED) is 0.697. The highest BCUT2D eigenvalue weighted by atomic mass is 16.2. The Labute approximate surface area is 166 Å². The molecule has 9 heteroatoms. The van der Waals surface area contributed by atoms with Crippen molar-refractivity contribution in [1.29, 1.82) is 0 Å². The maximum Gasteiger partial charge on any atom is 0.332 e. The Kier molecular flexibility index (Phi) is 5.04. The van der Waals surface area contributed by atoms with Crippen LogP contribution >= 0.6 is 0 Å². The Hall–Kier alpha value is -3.23. The summed E-state index contributed by atoms with van der Waals surface area (Å²) in [5, 5.41) is 10.1. The van der Waals surface area contributed by atoms with Crippen LogP contribution < -0.4 is 16.6 Å². The number of nitrogens with one attached hydrogen (secondary N) is 2. The Bertz CT molecular complexity index is 1180. The van der Waals surface area contributed by atoms with Gasteiger partial charge in [-0.05, 0) is 18.4 Å². The van der Waals surface area contributed by atoms with Crippen LogP contribution in [-0.4, -0.2) is 30.2 Å². The fourth-order valence-electron chi connectivity index (χ4n) is 4.01. The summed E-state index contributed by atoms with van der Waals surface area (Å²) in [4.78, 5) is 41.2. The van der Waals surface area contributed by atoms with Crippen molar-refractivity contribution in [1.82, 2.24) is 24.3 Å². The van der Waals surface area contributed by atoms with Gasteiger partial charge < -0.3 is 5.32 Å². The zero-order chi connectivity index (χ0) is 20.5. The first-order valence-electron chi connectivity index (χ1n) is 9.85. The number of amides is 1. The van der Waals surface area contributed by atoms with Gasteiger partial charge in [0.25, 0.3) is 11.5 Å². The van der Waals surface area contributed by atoms with Crippen LogP contribution in [0.15, 0.2) is 27.9 Å². The molecule has 0 unspecified atom stereocenters. The molecule has 0 radical (unpaired) electrons. The number of pyridine rings is 1. The van der Waals surface area contributed by atoms with Crippen LogP contribution in [0.5, 0.6) is 0 Å². The molecule has 1 aliphatic carbocycles. The van der Waals surface area contributed by atoms with Gasteiger partial charge in [0.1, 0.15) is 5.65 Å². The van der Waals surface area contributed by atoms with Crippen molar-refractivity contribution in [3.05, 3.63) is 50.4 Å². The molecule has 29 heavy (non-hydrogen) atoms. The van der Waals surface area contributed by atoms with Gasteiger partial charge in [-0.3, -0.25) is 23.8 Å². The molecule has 1 aliphatic rings. The van der Waals surface area contributed by atoms with Crippen LogP contribution in [0.3, 0.4) is 0 Å². The van der Waals surface area contributed by atoms with E-state index in [2.05, 4.69) is 20.5 Å². The van der Waals surface area contributed by atoms with Gasteiger partial charge in [-0.2, -0.15) is 5.10 Å². The van der Waals surface area contributed by atoms with E-state index in [1.54, 1.807) is 0 Å². The van der Waals surface area contributed by atoms with Crippen molar-refractivity contribution in [2.45, 2.75) is 38.5 Å². The third kappa shape index (κ3) is 3.72. The van der Waals surface area contributed by atoms with E-state index in [1.807, 2.05) is 6.07 Å². The number of carbonyl (C=O) groups excluding carboxylic acids is 1. The second-order valence-electron chi connectivity index (χ2n) is 7.74. The number of rotatable bonds is 4. The number of H-pyrrole nitrogens is 1. The van der Waals surface area contributed by atoms with E-state index in [9.17, 15) is 14.4 Å². The van der Waals surface area contributed by atoms with Crippen molar-refractivity contribution in [3.63, 3.8) is 0 Å². The summed E-state index contributed by atoms with van der Waals surface area (Å²) in [6.45, 7) is 0. The molecule has 0 saturated heterocycles. The summed E-state index contributed by atoms with van der Waals surface area (Å²) in [6.07, 6.45) is 8.64. The number of nitrogens with zero attached hydrogens (tertiary/aromatic N) is 4. The van der Waals surface area contributed by atoms with E-state index in [1.165, 1.54) is 63.0 Å². The first-order valence-corrected chi connectivity index (χ1v) is 9.85. The highest BCUT2D eigenvalue weighted by Crippen LogP contribution is 2.26. The van der Waals surface area contributed by atoms with Crippen LogP contribution in [0.25, 0.3) is 11.0 Å². The number of hydrogen-bond acceptors (Lipinski definition) is 5. The fourth-order valence-corrected chi connectivity index (χ4v) is 4.01. The molecule has 152 valence electrons. The van der Waals surface area contributed by atoms with Gasteiger partial charge in [0.2, 0.25) is 0 Å². The molecule has 2 N–H and O–H groups in total. The summed E-state index contributed by atoms with van der Waals surface area (Å²) in [7, 11) is 2.93. The molecule has 9 nitrogen and oxygen atoms in total. The number of aryl methyl sites for hydroxylation is 1. The van der Waals surface area contributed by atoms with E-state index in [-0.39, 0.29) is 16.6 Å². The SMILES string of the molecule is Cn1c(=O)c2cc(C(=O)Nc3cc(CC4CCCCC4)[nH]n3)cnc2n(C)c1=O. The first-order chi connectivity index (χ1) is 13.9. The van der Waals surface area contributed by atoms with E-state index in [0.29, 0.717) is 11.7 Å². The molecule has 1 fully saturated rings. The van der Waals surface area contributed by atoms with Crippen molar-refractivity contribution < 1.29 is 4.79 Å². The summed E-state index contributed by atoms with van der Waals surface area (Å²) < 4.78 is 2.28. The third-order valence-electron chi connectivity index (χ3n) is 5.66. The minimum atomic E-state index is -0.486. The maximum absolute atomic E-state index is 12.6. The Balaban J connectivity index is 1.53. The molecule has 0 bridgehead atoms. The smallest absolute Gasteiger partial charge is 0.305 e. The number of aromatic nitrogens is 5. The predicted octanol–water partition coefficient (Wildman–Crippen LogP) is 1.73. The minimum absolute atomic E-state index is 0.210. The number of aromatic amines is 1. The third-order valence-corrected chi connectivity index (χ3v) is 5.66. The molecule has 3 aromatic rings.